The normalized spacial score (nSPS) is 9.71. The fraction of sp³-hybridized carbons (Fsp3) is 0.0526. The molecule has 144 valence electrons. The van der Waals surface area contributed by atoms with E-state index in [-0.39, 0.29) is 29.3 Å². The molecule has 0 atom stereocenters. The van der Waals surface area contributed by atoms with Crippen molar-refractivity contribution in [3.8, 4) is 0 Å². The minimum atomic E-state index is -0.564. The van der Waals surface area contributed by atoms with Gasteiger partial charge in [-0.2, -0.15) is 4.57 Å². The Morgan fingerprint density at radius 1 is 0.929 bits per heavy atom. The summed E-state index contributed by atoms with van der Waals surface area (Å²) in [6, 6.07) is 15.1. The number of thiophene rings is 1. The van der Waals surface area contributed by atoms with Crippen LogP contribution in [0.15, 0.2) is 72.4 Å². The first-order valence-corrected chi connectivity index (χ1v) is 8.98. The molecule has 2 heterocycles. The molecule has 0 aliphatic heterocycles. The number of amides is 3. The Balaban J connectivity index is 0.00000280. The standard InChI is InChI=1S/C19H16N4O3S.BrH/c24-16(17-9-5-11-27-17)13-23-10-4-6-14(12-23)18(25)21-22-19(26)20-15-7-2-1-3-8-15;/h1-12H,13H2,(H2-,20,21,22,25,26);1H. The number of anilines is 1. The average Bonchev–Trinajstić information content (AvgIpc) is 3.22. The van der Waals surface area contributed by atoms with E-state index in [2.05, 4.69) is 16.2 Å². The Bertz CT molecular complexity index is 949. The smallest absolute Gasteiger partial charge is 0.337 e. The van der Waals surface area contributed by atoms with E-state index in [1.165, 1.54) is 11.3 Å². The lowest BCUT2D eigenvalue weighted by atomic mass is 10.2. The number of urea groups is 1. The zero-order valence-corrected chi connectivity index (χ0v) is 17.0. The minimum absolute atomic E-state index is 0. The summed E-state index contributed by atoms with van der Waals surface area (Å²) in [4.78, 5) is 36.9. The molecule has 0 aliphatic rings. The van der Waals surface area contributed by atoms with E-state index in [0.717, 1.165) is 0 Å². The molecule has 0 spiro atoms. The van der Waals surface area contributed by atoms with E-state index in [4.69, 9.17) is 0 Å². The quantitative estimate of drug-likeness (QED) is 0.269. The number of Topliss-reactive ketones (excluding diaryl/α,β-unsaturated/α-hetero) is 1. The first kappa shape index (κ1) is 21.3. The number of aromatic nitrogens is 1. The van der Waals surface area contributed by atoms with E-state index in [1.54, 1.807) is 59.4 Å². The van der Waals surface area contributed by atoms with Crippen LogP contribution in [0.1, 0.15) is 20.0 Å². The van der Waals surface area contributed by atoms with Gasteiger partial charge in [-0.15, -0.1) is 11.3 Å². The fourth-order valence-electron chi connectivity index (χ4n) is 2.31. The molecule has 9 heteroatoms. The van der Waals surface area contributed by atoms with Crippen LogP contribution in [0.25, 0.3) is 0 Å². The topological polar surface area (TPSA) is 91.2 Å². The van der Waals surface area contributed by atoms with Crippen molar-refractivity contribution in [3.05, 3.63) is 82.8 Å². The lowest BCUT2D eigenvalue weighted by molar-refractivity contribution is -0.683. The second-order valence-corrected chi connectivity index (χ2v) is 6.51. The number of nitrogens with one attached hydrogen (secondary N) is 3. The number of ketones is 1. The highest BCUT2D eigenvalue weighted by Gasteiger charge is 2.16. The van der Waals surface area contributed by atoms with Gasteiger partial charge in [0.2, 0.25) is 12.3 Å². The number of halogens is 1. The van der Waals surface area contributed by atoms with Gasteiger partial charge < -0.3 is 22.3 Å². The van der Waals surface area contributed by atoms with E-state index in [9.17, 15) is 14.4 Å². The summed E-state index contributed by atoms with van der Waals surface area (Å²) in [6.07, 6.45) is 3.26. The van der Waals surface area contributed by atoms with Crippen LogP contribution < -0.4 is 37.7 Å². The number of pyridine rings is 1. The lowest BCUT2D eigenvalue weighted by Crippen LogP contribution is -3.00. The predicted octanol–water partition coefficient (Wildman–Crippen LogP) is -0.611. The van der Waals surface area contributed by atoms with Crippen molar-refractivity contribution in [2.24, 2.45) is 0 Å². The molecule has 0 saturated carbocycles. The van der Waals surface area contributed by atoms with Gasteiger partial charge in [0, 0.05) is 11.8 Å². The monoisotopic (exact) mass is 460 g/mol. The highest BCUT2D eigenvalue weighted by atomic mass is 79.9. The molecule has 3 N–H and O–H groups in total. The van der Waals surface area contributed by atoms with Gasteiger partial charge in [0.05, 0.1) is 4.88 Å². The maximum atomic E-state index is 12.2. The number of hydrogen-bond donors (Lipinski definition) is 3. The number of carbonyl (C=O) groups is 3. The van der Waals surface area contributed by atoms with Crippen molar-refractivity contribution in [1.29, 1.82) is 0 Å². The van der Waals surface area contributed by atoms with Gasteiger partial charge in [0.15, 0.2) is 12.4 Å². The molecule has 0 unspecified atom stereocenters. The van der Waals surface area contributed by atoms with Gasteiger partial charge in [-0.1, -0.05) is 24.3 Å². The van der Waals surface area contributed by atoms with E-state index >= 15 is 0 Å². The van der Waals surface area contributed by atoms with Crippen molar-refractivity contribution in [1.82, 2.24) is 10.9 Å². The molecule has 3 amide bonds. The lowest BCUT2D eigenvalue weighted by Gasteiger charge is -2.08. The summed E-state index contributed by atoms with van der Waals surface area (Å²) in [6.45, 7) is 0.129. The maximum absolute atomic E-state index is 12.2. The Morgan fingerprint density at radius 2 is 1.71 bits per heavy atom. The zero-order chi connectivity index (χ0) is 19.1. The molecule has 1 aromatic carbocycles. The van der Waals surface area contributed by atoms with Gasteiger partial charge in [0.1, 0.15) is 5.56 Å². The van der Waals surface area contributed by atoms with Crippen LogP contribution in [0.3, 0.4) is 0 Å². The van der Waals surface area contributed by atoms with Gasteiger partial charge in [0.25, 0.3) is 5.91 Å². The van der Waals surface area contributed by atoms with E-state index < -0.39 is 11.9 Å². The third kappa shape index (κ3) is 6.00. The minimum Gasteiger partial charge on any atom is -1.00 e. The number of rotatable bonds is 5. The van der Waals surface area contributed by atoms with Crippen LogP contribution in [0.4, 0.5) is 10.5 Å². The van der Waals surface area contributed by atoms with Gasteiger partial charge >= 0.3 is 6.03 Å². The number of nitrogens with zero attached hydrogens (tertiary/aromatic N) is 1. The molecule has 0 radical (unpaired) electrons. The molecule has 0 fully saturated rings. The number of benzene rings is 1. The van der Waals surface area contributed by atoms with Crippen molar-refractivity contribution in [2.75, 3.05) is 5.32 Å². The Labute approximate surface area is 176 Å². The molecule has 28 heavy (non-hydrogen) atoms. The summed E-state index contributed by atoms with van der Waals surface area (Å²) in [5, 5.41) is 4.43. The fourth-order valence-corrected chi connectivity index (χ4v) is 2.96. The van der Waals surface area contributed by atoms with Crippen LogP contribution >= 0.6 is 11.3 Å². The van der Waals surface area contributed by atoms with Gasteiger partial charge in [-0.05, 0) is 29.6 Å². The van der Waals surface area contributed by atoms with Crippen LogP contribution in [0, 0.1) is 0 Å². The Hall–Kier alpha value is -3.04. The molecule has 0 aliphatic carbocycles. The largest absolute Gasteiger partial charge is 1.00 e. The van der Waals surface area contributed by atoms with Crippen LogP contribution in [-0.2, 0) is 6.54 Å². The third-order valence-corrected chi connectivity index (χ3v) is 4.47. The first-order valence-electron chi connectivity index (χ1n) is 8.10. The summed E-state index contributed by atoms with van der Waals surface area (Å²) in [5.74, 6) is -0.524. The molecule has 0 bridgehead atoms. The summed E-state index contributed by atoms with van der Waals surface area (Å²) in [5.41, 5.74) is 5.54. The molecule has 0 saturated heterocycles. The van der Waals surface area contributed by atoms with Crippen LogP contribution in [0.2, 0.25) is 0 Å². The highest BCUT2D eigenvalue weighted by molar-refractivity contribution is 7.12. The van der Waals surface area contributed by atoms with E-state index in [1.807, 2.05) is 17.5 Å². The second kappa shape index (κ2) is 10.3. The number of para-hydroxylation sites is 1. The van der Waals surface area contributed by atoms with Crippen molar-refractivity contribution >= 4 is 34.7 Å². The third-order valence-electron chi connectivity index (χ3n) is 3.56. The predicted molar refractivity (Wildman–Crippen MR) is 101 cm³/mol. The average molecular weight is 461 g/mol. The van der Waals surface area contributed by atoms with Gasteiger partial charge in [-0.3, -0.25) is 15.0 Å². The molecule has 2 aromatic heterocycles. The van der Waals surface area contributed by atoms with Crippen LogP contribution in [-0.4, -0.2) is 17.7 Å². The molecular formula is C19H17BrN4O3S. The van der Waals surface area contributed by atoms with Crippen molar-refractivity contribution < 1.29 is 35.9 Å². The number of hydrogen-bond acceptors (Lipinski definition) is 4. The SMILES string of the molecule is O=C(NNC(=O)c1ccc[n+](CC(=O)c2cccs2)c1)Nc1ccccc1.[Br-]. The Kier molecular flexibility index (Phi) is 7.85. The number of hydrazine groups is 1. The van der Waals surface area contributed by atoms with Crippen molar-refractivity contribution in [2.45, 2.75) is 6.54 Å². The summed E-state index contributed by atoms with van der Waals surface area (Å²) in [7, 11) is 0. The summed E-state index contributed by atoms with van der Waals surface area (Å²) < 4.78 is 1.63. The Morgan fingerprint density at radius 3 is 2.43 bits per heavy atom. The van der Waals surface area contributed by atoms with E-state index in [0.29, 0.717) is 16.1 Å². The molecule has 3 aromatic rings. The number of carbonyl (C=O) groups excluding carboxylic acids is 3. The van der Waals surface area contributed by atoms with Gasteiger partial charge in [-0.25, -0.2) is 10.2 Å². The second-order valence-electron chi connectivity index (χ2n) is 5.56. The summed E-state index contributed by atoms with van der Waals surface area (Å²) >= 11 is 1.38. The van der Waals surface area contributed by atoms with Crippen LogP contribution in [0.5, 0.6) is 0 Å². The maximum Gasteiger partial charge on any atom is 0.337 e. The highest BCUT2D eigenvalue weighted by Crippen LogP contribution is 2.09. The molecular weight excluding hydrogens is 444 g/mol. The van der Waals surface area contributed by atoms with Crippen molar-refractivity contribution in [3.63, 3.8) is 0 Å². The molecule has 3 rings (SSSR count). The zero-order valence-electron chi connectivity index (χ0n) is 14.6. The first-order chi connectivity index (χ1) is 13.1. The molecule has 7 nitrogen and oxygen atoms in total.